The fourth-order valence-corrected chi connectivity index (χ4v) is 7.73. The Balaban J connectivity index is 1.17. The highest BCUT2D eigenvalue weighted by Crippen LogP contribution is 2.53. The number of aliphatic hydroxyl groups excluding tert-OH is 2. The van der Waals surface area contributed by atoms with Crippen molar-refractivity contribution >= 4 is 67.0 Å². The van der Waals surface area contributed by atoms with Gasteiger partial charge in [-0.25, -0.2) is 19.1 Å². The molecule has 3 aromatic heterocycles. The highest BCUT2D eigenvalue weighted by Gasteiger charge is 2.54. The zero-order valence-corrected chi connectivity index (χ0v) is 26.1. The lowest BCUT2D eigenvalue weighted by atomic mass is 10.1. The lowest BCUT2D eigenvalue weighted by Gasteiger charge is -2.27. The van der Waals surface area contributed by atoms with E-state index in [0.29, 0.717) is 11.0 Å². The summed E-state index contributed by atoms with van der Waals surface area (Å²) < 4.78 is 61.2. The predicted molar refractivity (Wildman–Crippen MR) is 153 cm³/mol. The number of phosphoric ester groups is 2. The number of nitrogen functional groups attached to an aromatic ring is 1. The molecule has 24 heteroatoms. The molecule has 0 bridgehead atoms. The maximum absolute atomic E-state index is 13.1. The molecule has 3 aliphatic rings. The molecule has 4 unspecified atom stereocenters. The van der Waals surface area contributed by atoms with Gasteiger partial charge in [0.25, 0.3) is 5.56 Å². The molecule has 3 saturated heterocycles. The smallest absolute Gasteiger partial charge is 0.386 e. The number of benzene rings is 1. The van der Waals surface area contributed by atoms with Gasteiger partial charge < -0.3 is 39.8 Å². The molecule has 46 heavy (non-hydrogen) atoms. The Labute approximate surface area is 265 Å². The SMILES string of the molecule is Nc1nc2c(ncn2[C@@H]2O[C@@H]3COP(=O)(O)O[C@@H]4C(O)[C@H](n5cnc6cc(Cl)c(Cl)cc65)O[C@@H]4COP(=O)(O)OC3[C@@H]2O)c(=O)[nH]1. The van der Waals surface area contributed by atoms with Crippen molar-refractivity contribution in [2.45, 2.75) is 49.1 Å². The standard InChI is InChI=1S/C22H23Cl2N7O13P2/c23-7-1-9-10(2-8(7)24)30(5-26-9)20-14(32)16-11(41-20)3-39-46(37,38)44-17-12(4-40-45(35,36)43-16)42-21(15(17)33)31-6-27-13-18(31)28-22(25)29-19(13)34/h1-2,5-6,11-12,14-17,20-21,32-33H,3-4H2,(H,35,36)(H,37,38)(H3,25,28,29,34)/t11-,12-,14?,15+,16+,17?,20-,21-/m1/s1. The highest BCUT2D eigenvalue weighted by atomic mass is 35.5. The van der Waals surface area contributed by atoms with Gasteiger partial charge in [0.15, 0.2) is 23.6 Å². The number of fused-ring (bicyclic) bond motifs is 4. The Morgan fingerprint density at radius 3 is 2.04 bits per heavy atom. The highest BCUT2D eigenvalue weighted by molar-refractivity contribution is 7.47. The molecular weight excluding hydrogens is 703 g/mol. The van der Waals surface area contributed by atoms with Crippen LogP contribution in [0.5, 0.6) is 0 Å². The summed E-state index contributed by atoms with van der Waals surface area (Å²) in [5.74, 6) is -0.268. The van der Waals surface area contributed by atoms with Gasteiger partial charge in [-0.05, 0) is 12.1 Å². The Morgan fingerprint density at radius 1 is 0.891 bits per heavy atom. The van der Waals surface area contributed by atoms with Gasteiger partial charge in [0.05, 0.1) is 46.9 Å². The van der Waals surface area contributed by atoms with E-state index in [1.165, 1.54) is 23.0 Å². The molecule has 3 fully saturated rings. The number of hydrogen-bond donors (Lipinski definition) is 6. The van der Waals surface area contributed by atoms with Gasteiger partial charge in [0, 0.05) is 0 Å². The summed E-state index contributed by atoms with van der Waals surface area (Å²) in [7, 11) is -10.1. The molecule has 0 aliphatic carbocycles. The van der Waals surface area contributed by atoms with Crippen molar-refractivity contribution in [3.05, 3.63) is 45.2 Å². The van der Waals surface area contributed by atoms with E-state index in [1.807, 2.05) is 0 Å². The molecule has 4 aromatic rings. The average molecular weight is 726 g/mol. The normalized spacial score (nSPS) is 37.2. The van der Waals surface area contributed by atoms with Crippen molar-refractivity contribution in [2.75, 3.05) is 18.9 Å². The van der Waals surface area contributed by atoms with Gasteiger partial charge in [-0.2, -0.15) is 4.98 Å². The number of ether oxygens (including phenoxy) is 2. The van der Waals surface area contributed by atoms with Crippen LogP contribution in [0.15, 0.2) is 29.6 Å². The van der Waals surface area contributed by atoms with Gasteiger partial charge in [-0.15, -0.1) is 0 Å². The lowest BCUT2D eigenvalue weighted by molar-refractivity contribution is -0.0663. The van der Waals surface area contributed by atoms with E-state index in [1.54, 1.807) is 0 Å². The zero-order chi connectivity index (χ0) is 32.7. The minimum Gasteiger partial charge on any atom is -0.386 e. The number of imidazole rings is 2. The van der Waals surface area contributed by atoms with Crippen LogP contribution in [0.4, 0.5) is 5.95 Å². The van der Waals surface area contributed by atoms with Crippen LogP contribution >= 0.6 is 38.8 Å². The first-order valence-electron chi connectivity index (χ1n) is 13.2. The topological polar surface area (TPSA) is 278 Å². The molecular formula is C22H23Cl2N7O13P2. The van der Waals surface area contributed by atoms with Crippen LogP contribution in [0.25, 0.3) is 22.2 Å². The summed E-state index contributed by atoms with van der Waals surface area (Å²) in [6.07, 6.45) is -10.1. The lowest BCUT2D eigenvalue weighted by Crippen LogP contribution is -2.39. The van der Waals surface area contributed by atoms with Gasteiger partial charge in [-0.1, -0.05) is 23.2 Å². The number of nitrogens with one attached hydrogen (secondary N) is 1. The maximum Gasteiger partial charge on any atom is 0.472 e. The van der Waals surface area contributed by atoms with Gasteiger partial charge >= 0.3 is 15.6 Å². The maximum atomic E-state index is 13.1. The number of hydrogen-bond acceptors (Lipinski definition) is 15. The number of phosphoric acid groups is 2. The van der Waals surface area contributed by atoms with E-state index in [0.717, 1.165) is 10.9 Å². The molecule has 10 atom stereocenters. The second-order valence-corrected chi connectivity index (χ2v) is 14.1. The third-order valence-electron chi connectivity index (χ3n) is 7.55. The number of aliphatic hydroxyl groups is 2. The minimum absolute atomic E-state index is 0.104. The molecule has 0 spiro atoms. The molecule has 6 heterocycles. The summed E-state index contributed by atoms with van der Waals surface area (Å²) >= 11 is 12.2. The zero-order valence-electron chi connectivity index (χ0n) is 22.8. The van der Waals surface area contributed by atoms with Crippen molar-refractivity contribution in [1.29, 1.82) is 0 Å². The summed E-state index contributed by atoms with van der Waals surface area (Å²) in [5.41, 5.74) is 5.45. The molecule has 3 aliphatic heterocycles. The Bertz CT molecular complexity index is 1990. The van der Waals surface area contributed by atoms with Crippen LogP contribution in [-0.2, 0) is 36.7 Å². The Hall–Kier alpha value is -2.52. The molecule has 20 nitrogen and oxygen atoms in total. The van der Waals surface area contributed by atoms with Crippen molar-refractivity contribution < 1.29 is 56.7 Å². The van der Waals surface area contributed by atoms with Crippen LogP contribution < -0.4 is 11.3 Å². The first-order valence-corrected chi connectivity index (χ1v) is 17.0. The van der Waals surface area contributed by atoms with Crippen molar-refractivity contribution in [3.8, 4) is 0 Å². The van der Waals surface area contributed by atoms with Gasteiger partial charge in [0.1, 0.15) is 36.6 Å². The van der Waals surface area contributed by atoms with Crippen molar-refractivity contribution in [2.24, 2.45) is 0 Å². The van der Waals surface area contributed by atoms with Crippen LogP contribution in [0.3, 0.4) is 0 Å². The quantitative estimate of drug-likeness (QED) is 0.154. The van der Waals surface area contributed by atoms with Gasteiger partial charge in [0.2, 0.25) is 5.95 Å². The van der Waals surface area contributed by atoms with Crippen LogP contribution in [0.1, 0.15) is 12.5 Å². The number of H-pyrrole nitrogens is 1. The first-order chi connectivity index (χ1) is 21.7. The summed E-state index contributed by atoms with van der Waals surface area (Å²) in [6, 6.07) is 2.95. The fraction of sp³-hybridized carbons (Fsp3) is 0.455. The predicted octanol–water partition coefficient (Wildman–Crippen LogP) is 0.593. The van der Waals surface area contributed by atoms with E-state index < -0.39 is 83.5 Å². The first kappa shape index (κ1) is 32.0. The number of halogens is 2. The number of nitrogens with zero attached hydrogens (tertiary/aromatic N) is 5. The van der Waals surface area contributed by atoms with Crippen molar-refractivity contribution in [3.63, 3.8) is 0 Å². The Morgan fingerprint density at radius 2 is 1.43 bits per heavy atom. The van der Waals surface area contributed by atoms with E-state index >= 15 is 0 Å². The summed E-state index contributed by atoms with van der Waals surface area (Å²) in [4.78, 5) is 47.9. The minimum atomic E-state index is -5.06. The largest absolute Gasteiger partial charge is 0.472 e. The summed E-state index contributed by atoms with van der Waals surface area (Å²) in [6.45, 7) is -1.64. The molecule has 7 N–H and O–H groups in total. The van der Waals surface area contributed by atoms with Crippen LogP contribution in [-0.4, -0.2) is 98.9 Å². The summed E-state index contributed by atoms with van der Waals surface area (Å²) in [5, 5.41) is 22.7. The molecule has 0 amide bonds. The van der Waals surface area contributed by atoms with E-state index in [4.69, 9.17) is 56.5 Å². The molecule has 7 rings (SSSR count). The van der Waals surface area contributed by atoms with Crippen LogP contribution in [0.2, 0.25) is 10.0 Å². The van der Waals surface area contributed by atoms with E-state index in [-0.39, 0.29) is 27.2 Å². The third-order valence-corrected chi connectivity index (χ3v) is 10.2. The average Bonchev–Trinajstić information content (AvgIpc) is 3.72. The monoisotopic (exact) mass is 725 g/mol. The van der Waals surface area contributed by atoms with Crippen LogP contribution in [0, 0.1) is 0 Å². The number of aromatic amines is 1. The number of anilines is 1. The number of rotatable bonds is 2. The third kappa shape index (κ3) is 5.67. The van der Waals surface area contributed by atoms with E-state index in [2.05, 4.69) is 19.9 Å². The second kappa shape index (κ2) is 11.6. The molecule has 0 radical (unpaired) electrons. The Kier molecular flexibility index (Phi) is 8.06. The van der Waals surface area contributed by atoms with E-state index in [9.17, 15) is 33.9 Å². The molecule has 248 valence electrons. The molecule has 0 saturated carbocycles. The number of aromatic nitrogens is 6. The molecule has 1 aromatic carbocycles. The second-order valence-electron chi connectivity index (χ2n) is 10.5. The van der Waals surface area contributed by atoms with Gasteiger partial charge in [-0.3, -0.25) is 32.4 Å². The van der Waals surface area contributed by atoms with Crippen molar-refractivity contribution in [1.82, 2.24) is 29.1 Å². The fourth-order valence-electron chi connectivity index (χ4n) is 5.49. The number of nitrogens with two attached hydrogens (primary N) is 1.